The number of nitrogens with zero attached hydrogens (tertiary/aromatic N) is 1. The molecule has 1 aliphatic carbocycles. The van der Waals surface area contributed by atoms with Crippen LogP contribution >= 0.6 is 0 Å². The fourth-order valence-corrected chi connectivity index (χ4v) is 5.08. The molecule has 1 spiro atoms. The van der Waals surface area contributed by atoms with Crippen LogP contribution in [-0.4, -0.2) is 46.7 Å². The molecule has 3 amide bonds. The van der Waals surface area contributed by atoms with Crippen molar-refractivity contribution in [2.24, 2.45) is 11.3 Å². The molecule has 0 bridgehead atoms. The Labute approximate surface area is 167 Å². The summed E-state index contributed by atoms with van der Waals surface area (Å²) in [6, 6.07) is 5.41. The second kappa shape index (κ2) is 7.39. The van der Waals surface area contributed by atoms with E-state index >= 15 is 0 Å². The highest BCUT2D eigenvalue weighted by atomic mass is 16.5. The lowest BCUT2D eigenvalue weighted by Crippen LogP contribution is -2.54. The summed E-state index contributed by atoms with van der Waals surface area (Å²) in [5.74, 6) is 0.828. The first-order valence-corrected chi connectivity index (χ1v) is 10.0. The Morgan fingerprint density at radius 3 is 2.64 bits per heavy atom. The first-order valence-electron chi connectivity index (χ1n) is 10.0. The van der Waals surface area contributed by atoms with Gasteiger partial charge in [0.15, 0.2) is 0 Å². The van der Waals surface area contributed by atoms with Gasteiger partial charge in [0.1, 0.15) is 24.0 Å². The van der Waals surface area contributed by atoms with Gasteiger partial charge in [-0.15, -0.1) is 0 Å². The normalized spacial score (nSPS) is 27.8. The van der Waals surface area contributed by atoms with Crippen LogP contribution in [0, 0.1) is 25.2 Å². The van der Waals surface area contributed by atoms with E-state index in [0.29, 0.717) is 24.5 Å². The third-order valence-corrected chi connectivity index (χ3v) is 5.78. The van der Waals surface area contributed by atoms with Crippen LogP contribution in [-0.2, 0) is 4.79 Å². The van der Waals surface area contributed by atoms with Gasteiger partial charge in [0.05, 0.1) is 6.54 Å². The summed E-state index contributed by atoms with van der Waals surface area (Å²) in [6.45, 7) is 10.3. The number of aliphatic hydroxyl groups excluding tert-OH is 1. The summed E-state index contributed by atoms with van der Waals surface area (Å²) in [4.78, 5) is 26.8. The second-order valence-corrected chi connectivity index (χ2v) is 9.52. The van der Waals surface area contributed by atoms with Gasteiger partial charge in [-0.2, -0.15) is 0 Å². The third kappa shape index (κ3) is 4.17. The number of amides is 3. The summed E-state index contributed by atoms with van der Waals surface area (Å²) in [7, 11) is 0. The molecule has 1 aromatic rings. The van der Waals surface area contributed by atoms with Gasteiger partial charge < -0.3 is 15.2 Å². The average Bonchev–Trinajstić information content (AvgIpc) is 2.75. The van der Waals surface area contributed by atoms with Crippen molar-refractivity contribution in [3.05, 3.63) is 29.3 Å². The number of imide groups is 1. The van der Waals surface area contributed by atoms with Gasteiger partial charge in [-0.25, -0.2) is 4.79 Å². The van der Waals surface area contributed by atoms with Crippen molar-refractivity contribution in [2.75, 3.05) is 13.2 Å². The molecule has 1 aromatic carbocycles. The maximum Gasteiger partial charge on any atom is 0.325 e. The predicted octanol–water partition coefficient (Wildman–Crippen LogP) is 3.18. The van der Waals surface area contributed by atoms with Crippen molar-refractivity contribution in [3.63, 3.8) is 0 Å². The van der Waals surface area contributed by atoms with Crippen LogP contribution in [0.25, 0.3) is 0 Å². The molecule has 6 nitrogen and oxygen atoms in total. The summed E-state index contributed by atoms with van der Waals surface area (Å²) >= 11 is 0. The van der Waals surface area contributed by atoms with Crippen LogP contribution in [0.1, 0.15) is 51.2 Å². The zero-order valence-electron chi connectivity index (χ0n) is 17.5. The van der Waals surface area contributed by atoms with Gasteiger partial charge in [0.25, 0.3) is 5.91 Å². The van der Waals surface area contributed by atoms with E-state index in [1.165, 1.54) is 0 Å². The van der Waals surface area contributed by atoms with Gasteiger partial charge in [0, 0.05) is 0 Å². The van der Waals surface area contributed by atoms with E-state index in [2.05, 4.69) is 26.1 Å². The number of hydrogen-bond donors (Lipinski definition) is 2. The smallest absolute Gasteiger partial charge is 0.325 e. The number of hydrogen-bond acceptors (Lipinski definition) is 4. The largest absolute Gasteiger partial charge is 0.491 e. The predicted molar refractivity (Wildman–Crippen MR) is 107 cm³/mol. The van der Waals surface area contributed by atoms with Gasteiger partial charge in [-0.1, -0.05) is 38.5 Å². The lowest BCUT2D eigenvalue weighted by atomic mass is 9.64. The minimum Gasteiger partial charge on any atom is -0.491 e. The molecule has 3 atom stereocenters. The molecule has 3 unspecified atom stereocenters. The van der Waals surface area contributed by atoms with Crippen molar-refractivity contribution in [3.8, 4) is 5.75 Å². The summed E-state index contributed by atoms with van der Waals surface area (Å²) in [5.41, 5.74) is 1.27. The molecule has 1 aliphatic heterocycles. The van der Waals surface area contributed by atoms with Gasteiger partial charge in [0.2, 0.25) is 0 Å². The van der Waals surface area contributed by atoms with Gasteiger partial charge >= 0.3 is 6.03 Å². The molecule has 28 heavy (non-hydrogen) atoms. The summed E-state index contributed by atoms with van der Waals surface area (Å²) < 4.78 is 5.70. The summed E-state index contributed by atoms with van der Waals surface area (Å²) in [5, 5.41) is 13.3. The molecular formula is C22H32N2O4. The van der Waals surface area contributed by atoms with Gasteiger partial charge in [-0.05, 0) is 56.1 Å². The number of ether oxygens (including phenoxy) is 1. The fraction of sp³-hybridized carbons (Fsp3) is 0.636. The fourth-order valence-electron chi connectivity index (χ4n) is 5.08. The number of urea groups is 1. The molecule has 0 aromatic heterocycles. The number of nitrogens with one attached hydrogen (secondary N) is 1. The third-order valence-electron chi connectivity index (χ3n) is 5.78. The molecule has 0 radical (unpaired) electrons. The standard InChI is InChI=1S/C22H32N2O4/c1-14-6-7-18(16(3)8-14)28-12-17(25)11-24-19(26)22(23-20(24)27)10-15(2)9-21(4,5)13-22/h6-8,15,17,25H,9-13H2,1-5H3,(H,23,27). The van der Waals surface area contributed by atoms with Crippen molar-refractivity contribution < 1.29 is 19.4 Å². The van der Waals surface area contributed by atoms with Crippen LogP contribution in [0.5, 0.6) is 5.75 Å². The van der Waals surface area contributed by atoms with Crippen LogP contribution in [0.15, 0.2) is 18.2 Å². The molecule has 1 saturated heterocycles. The highest BCUT2D eigenvalue weighted by Crippen LogP contribution is 2.46. The van der Waals surface area contributed by atoms with E-state index in [1.807, 2.05) is 32.0 Å². The van der Waals surface area contributed by atoms with E-state index in [0.717, 1.165) is 22.4 Å². The Hall–Kier alpha value is -2.08. The van der Waals surface area contributed by atoms with E-state index in [4.69, 9.17) is 4.74 Å². The quantitative estimate of drug-likeness (QED) is 0.760. The number of rotatable bonds is 5. The maximum atomic E-state index is 13.1. The Kier molecular flexibility index (Phi) is 5.45. The Bertz CT molecular complexity index is 776. The first kappa shape index (κ1) is 20.6. The Morgan fingerprint density at radius 1 is 1.29 bits per heavy atom. The topological polar surface area (TPSA) is 78.9 Å². The van der Waals surface area contributed by atoms with E-state index in [-0.39, 0.29) is 24.5 Å². The highest BCUT2D eigenvalue weighted by Gasteiger charge is 2.56. The van der Waals surface area contributed by atoms with Crippen LogP contribution < -0.4 is 10.1 Å². The lowest BCUT2D eigenvalue weighted by molar-refractivity contribution is -0.135. The number of carbonyl (C=O) groups is 2. The SMILES string of the molecule is Cc1ccc(OCC(O)CN2C(=O)NC3(CC(C)CC(C)(C)C3)C2=O)c(C)c1. The van der Waals surface area contributed by atoms with Crippen molar-refractivity contribution >= 4 is 11.9 Å². The van der Waals surface area contributed by atoms with Crippen LogP contribution in [0.4, 0.5) is 4.79 Å². The lowest BCUT2D eigenvalue weighted by Gasteiger charge is -2.43. The van der Waals surface area contributed by atoms with Gasteiger partial charge in [-0.3, -0.25) is 9.69 Å². The van der Waals surface area contributed by atoms with Crippen molar-refractivity contribution in [1.82, 2.24) is 10.2 Å². The van der Waals surface area contributed by atoms with E-state index < -0.39 is 17.7 Å². The number of aliphatic hydroxyl groups is 1. The molecule has 2 N–H and O–H groups in total. The van der Waals surface area contributed by atoms with Crippen LogP contribution in [0.3, 0.4) is 0 Å². The van der Waals surface area contributed by atoms with Crippen LogP contribution in [0.2, 0.25) is 0 Å². The zero-order chi connectivity index (χ0) is 20.7. The highest BCUT2D eigenvalue weighted by molar-refractivity contribution is 6.07. The Morgan fingerprint density at radius 2 is 2.00 bits per heavy atom. The molecule has 1 saturated carbocycles. The number of aryl methyl sites for hydroxylation is 2. The van der Waals surface area contributed by atoms with E-state index in [9.17, 15) is 14.7 Å². The number of benzene rings is 1. The zero-order valence-corrected chi connectivity index (χ0v) is 17.5. The monoisotopic (exact) mass is 388 g/mol. The molecular weight excluding hydrogens is 356 g/mol. The van der Waals surface area contributed by atoms with Crippen molar-refractivity contribution in [1.29, 1.82) is 0 Å². The van der Waals surface area contributed by atoms with Crippen molar-refractivity contribution in [2.45, 2.75) is 65.5 Å². The maximum absolute atomic E-state index is 13.1. The Balaban J connectivity index is 1.64. The van der Waals surface area contributed by atoms with E-state index in [1.54, 1.807) is 0 Å². The molecule has 2 fully saturated rings. The molecule has 1 heterocycles. The summed E-state index contributed by atoms with van der Waals surface area (Å²) in [6.07, 6.45) is 1.36. The minimum atomic E-state index is -0.945. The number of β-amino-alcohol motifs (C(OH)–C–C–N with tert-alkyl or cyclic N) is 1. The minimum absolute atomic E-state index is 0.0126. The number of carbonyl (C=O) groups excluding carboxylic acids is 2. The first-order chi connectivity index (χ1) is 13.0. The average molecular weight is 389 g/mol. The molecule has 6 heteroatoms. The molecule has 3 rings (SSSR count). The molecule has 154 valence electrons. The second-order valence-electron chi connectivity index (χ2n) is 9.52. The molecule has 2 aliphatic rings.